The lowest BCUT2D eigenvalue weighted by molar-refractivity contribution is 0.0925. The van der Waals surface area contributed by atoms with Gasteiger partial charge in [-0.15, -0.1) is 0 Å². The van der Waals surface area contributed by atoms with E-state index in [1.807, 2.05) is 13.0 Å². The molecule has 5 nitrogen and oxygen atoms in total. The van der Waals surface area contributed by atoms with Crippen LogP contribution in [0.25, 0.3) is 0 Å². The number of carbonyl (C=O) groups is 1. The molecule has 2 rings (SSSR count). The summed E-state index contributed by atoms with van der Waals surface area (Å²) in [4.78, 5) is 12.1. The summed E-state index contributed by atoms with van der Waals surface area (Å²) in [5.41, 5.74) is 7.30. The minimum Gasteiger partial charge on any atom is -0.350 e. The number of amides is 1. The Hall–Kier alpha value is -1.36. The summed E-state index contributed by atoms with van der Waals surface area (Å²) < 4.78 is 1.63. The van der Waals surface area contributed by atoms with Crippen LogP contribution in [0.3, 0.4) is 0 Å². The van der Waals surface area contributed by atoms with Crippen LogP contribution in [0.15, 0.2) is 6.07 Å². The van der Waals surface area contributed by atoms with Crippen molar-refractivity contribution in [2.45, 2.75) is 32.6 Å². The Morgan fingerprint density at radius 1 is 1.47 bits per heavy atom. The third-order valence-electron chi connectivity index (χ3n) is 4.13. The van der Waals surface area contributed by atoms with Gasteiger partial charge in [0.2, 0.25) is 0 Å². The number of nitrogens with two attached hydrogens (primary N) is 1. The van der Waals surface area contributed by atoms with Crippen molar-refractivity contribution in [1.29, 1.82) is 0 Å². The fraction of sp³-hybridized carbons (Fsp3) is 0.714. The number of hydrogen-bond donors (Lipinski definition) is 2. The predicted octanol–water partition coefficient (Wildman–Crippen LogP) is 1.22. The molecule has 0 radical (unpaired) electrons. The molecule has 1 heterocycles. The van der Waals surface area contributed by atoms with Crippen LogP contribution in [0.4, 0.5) is 0 Å². The van der Waals surface area contributed by atoms with E-state index >= 15 is 0 Å². The van der Waals surface area contributed by atoms with Gasteiger partial charge in [0.05, 0.1) is 5.69 Å². The molecule has 1 aliphatic carbocycles. The van der Waals surface area contributed by atoms with Gasteiger partial charge in [0.15, 0.2) is 0 Å². The minimum atomic E-state index is -0.0376. The standard InChI is InChI=1S/C14H24N4O/c1-10-7-13(18(2)17-10)14(19)16-9-12-6-4-3-5-11(12)8-15/h7,11-12H,3-6,8-9,15H2,1-2H3,(H,16,19). The van der Waals surface area contributed by atoms with Crippen molar-refractivity contribution in [2.75, 3.05) is 13.1 Å². The van der Waals surface area contributed by atoms with Gasteiger partial charge in [-0.2, -0.15) is 5.10 Å². The first-order valence-corrected chi connectivity index (χ1v) is 7.10. The van der Waals surface area contributed by atoms with Crippen molar-refractivity contribution >= 4 is 5.91 Å². The molecule has 1 aliphatic rings. The Balaban J connectivity index is 1.91. The molecule has 2 atom stereocenters. The first-order valence-electron chi connectivity index (χ1n) is 7.10. The van der Waals surface area contributed by atoms with Crippen molar-refractivity contribution in [2.24, 2.45) is 24.6 Å². The van der Waals surface area contributed by atoms with Crippen LogP contribution < -0.4 is 11.1 Å². The maximum Gasteiger partial charge on any atom is 0.269 e. The van der Waals surface area contributed by atoms with Gasteiger partial charge in [-0.05, 0) is 44.2 Å². The molecule has 0 saturated heterocycles. The zero-order valence-electron chi connectivity index (χ0n) is 11.9. The van der Waals surface area contributed by atoms with Gasteiger partial charge < -0.3 is 11.1 Å². The fourth-order valence-electron chi connectivity index (χ4n) is 3.00. The van der Waals surface area contributed by atoms with Gasteiger partial charge >= 0.3 is 0 Å². The smallest absolute Gasteiger partial charge is 0.269 e. The van der Waals surface area contributed by atoms with Crippen LogP contribution in [0.5, 0.6) is 0 Å². The summed E-state index contributed by atoms with van der Waals surface area (Å²) in [6.07, 6.45) is 4.89. The van der Waals surface area contributed by atoms with E-state index in [1.165, 1.54) is 25.7 Å². The van der Waals surface area contributed by atoms with E-state index in [4.69, 9.17) is 5.73 Å². The van der Waals surface area contributed by atoms with E-state index in [2.05, 4.69) is 10.4 Å². The third kappa shape index (κ3) is 3.35. The number of aryl methyl sites for hydroxylation is 2. The van der Waals surface area contributed by atoms with Crippen LogP contribution in [-0.2, 0) is 7.05 Å². The second kappa shape index (κ2) is 6.19. The van der Waals surface area contributed by atoms with Crippen LogP contribution in [0.2, 0.25) is 0 Å². The van der Waals surface area contributed by atoms with Gasteiger partial charge in [0, 0.05) is 13.6 Å². The Bertz CT molecular complexity index is 441. The van der Waals surface area contributed by atoms with E-state index in [0.29, 0.717) is 17.5 Å². The highest BCUT2D eigenvalue weighted by Crippen LogP contribution is 2.28. The molecule has 0 aliphatic heterocycles. The molecular weight excluding hydrogens is 240 g/mol. The average molecular weight is 264 g/mol. The SMILES string of the molecule is Cc1cc(C(=O)NCC2CCCCC2CN)n(C)n1. The molecule has 106 valence electrons. The normalized spacial score (nSPS) is 23.3. The Kier molecular flexibility index (Phi) is 4.58. The molecule has 5 heteroatoms. The van der Waals surface area contributed by atoms with Crippen LogP contribution >= 0.6 is 0 Å². The van der Waals surface area contributed by atoms with E-state index in [0.717, 1.165) is 18.8 Å². The minimum absolute atomic E-state index is 0.0376. The van der Waals surface area contributed by atoms with Crippen molar-refractivity contribution < 1.29 is 4.79 Å². The maximum atomic E-state index is 12.1. The molecule has 1 aromatic heterocycles. The molecule has 19 heavy (non-hydrogen) atoms. The second-order valence-electron chi connectivity index (χ2n) is 5.54. The molecule has 0 spiro atoms. The first-order chi connectivity index (χ1) is 9.11. The number of nitrogens with one attached hydrogen (secondary N) is 1. The molecule has 1 aromatic rings. The summed E-state index contributed by atoms with van der Waals surface area (Å²) in [5, 5.41) is 7.23. The second-order valence-corrected chi connectivity index (χ2v) is 5.54. The van der Waals surface area contributed by atoms with Crippen molar-refractivity contribution in [3.8, 4) is 0 Å². The number of hydrogen-bond acceptors (Lipinski definition) is 3. The van der Waals surface area contributed by atoms with Crippen molar-refractivity contribution in [3.63, 3.8) is 0 Å². The summed E-state index contributed by atoms with van der Waals surface area (Å²) in [6.45, 7) is 3.35. The Morgan fingerprint density at radius 2 is 2.16 bits per heavy atom. The molecule has 0 bridgehead atoms. The van der Waals surface area contributed by atoms with Crippen molar-refractivity contribution in [1.82, 2.24) is 15.1 Å². The highest BCUT2D eigenvalue weighted by Gasteiger charge is 2.24. The summed E-state index contributed by atoms with van der Waals surface area (Å²) >= 11 is 0. The molecule has 1 saturated carbocycles. The van der Waals surface area contributed by atoms with E-state index < -0.39 is 0 Å². The van der Waals surface area contributed by atoms with Gasteiger partial charge in [0.1, 0.15) is 5.69 Å². The molecule has 3 N–H and O–H groups in total. The topological polar surface area (TPSA) is 72.9 Å². The van der Waals surface area contributed by atoms with Gasteiger partial charge in [-0.25, -0.2) is 0 Å². The third-order valence-corrected chi connectivity index (χ3v) is 4.13. The Morgan fingerprint density at radius 3 is 2.74 bits per heavy atom. The maximum absolute atomic E-state index is 12.1. The molecule has 0 aromatic carbocycles. The lowest BCUT2D eigenvalue weighted by atomic mass is 9.79. The average Bonchev–Trinajstić information content (AvgIpc) is 2.75. The number of carbonyl (C=O) groups excluding carboxylic acids is 1. The summed E-state index contributed by atoms with van der Waals surface area (Å²) in [6, 6.07) is 1.82. The van der Waals surface area contributed by atoms with E-state index in [1.54, 1.807) is 11.7 Å². The largest absolute Gasteiger partial charge is 0.350 e. The van der Waals surface area contributed by atoms with Crippen LogP contribution in [0, 0.1) is 18.8 Å². The lowest BCUT2D eigenvalue weighted by Crippen LogP contribution is -2.37. The highest BCUT2D eigenvalue weighted by atomic mass is 16.2. The van der Waals surface area contributed by atoms with Crippen LogP contribution in [0.1, 0.15) is 41.9 Å². The molecule has 1 amide bonds. The van der Waals surface area contributed by atoms with Gasteiger partial charge in [-0.3, -0.25) is 9.48 Å². The van der Waals surface area contributed by atoms with Crippen LogP contribution in [-0.4, -0.2) is 28.8 Å². The zero-order chi connectivity index (χ0) is 13.8. The fourth-order valence-corrected chi connectivity index (χ4v) is 3.00. The highest BCUT2D eigenvalue weighted by molar-refractivity contribution is 5.92. The van der Waals surface area contributed by atoms with Crippen molar-refractivity contribution in [3.05, 3.63) is 17.5 Å². The van der Waals surface area contributed by atoms with Gasteiger partial charge in [0.25, 0.3) is 5.91 Å². The number of rotatable bonds is 4. The first kappa shape index (κ1) is 14.1. The number of aromatic nitrogens is 2. The monoisotopic (exact) mass is 264 g/mol. The zero-order valence-corrected chi connectivity index (χ0v) is 11.9. The molecular formula is C14H24N4O. The summed E-state index contributed by atoms with van der Waals surface area (Å²) in [5.74, 6) is 1.05. The quantitative estimate of drug-likeness (QED) is 0.859. The number of nitrogens with zero attached hydrogens (tertiary/aromatic N) is 2. The lowest BCUT2D eigenvalue weighted by Gasteiger charge is -2.30. The van der Waals surface area contributed by atoms with E-state index in [-0.39, 0.29) is 5.91 Å². The van der Waals surface area contributed by atoms with Gasteiger partial charge in [-0.1, -0.05) is 12.8 Å². The summed E-state index contributed by atoms with van der Waals surface area (Å²) in [7, 11) is 1.80. The van der Waals surface area contributed by atoms with E-state index in [9.17, 15) is 4.79 Å². The molecule has 1 fully saturated rings. The predicted molar refractivity (Wildman–Crippen MR) is 74.8 cm³/mol. The Labute approximate surface area is 114 Å². The molecule has 2 unspecified atom stereocenters.